The molecule has 2 aliphatic heterocycles. The number of carbonyl (C=O) groups is 2. The molecule has 112 valence electrons. The molecule has 1 amide bonds. The maximum absolute atomic E-state index is 13.7. The lowest BCUT2D eigenvalue weighted by atomic mass is 9.78. The highest BCUT2D eigenvalue weighted by molar-refractivity contribution is 9.10. The minimum absolute atomic E-state index is 0.0167. The lowest BCUT2D eigenvalue weighted by molar-refractivity contribution is -0.313. The topological polar surface area (TPSA) is 78.5 Å². The van der Waals surface area contributed by atoms with Crippen LogP contribution < -0.4 is 10.4 Å². The van der Waals surface area contributed by atoms with Crippen molar-refractivity contribution >= 4 is 33.5 Å². The largest absolute Gasteiger partial charge is 0.550 e. The fraction of sp³-hybridized carbons (Fsp3) is 0.429. The van der Waals surface area contributed by atoms with Crippen LogP contribution in [0.3, 0.4) is 0 Å². The Morgan fingerprint density at radius 3 is 2.57 bits per heavy atom. The minimum Gasteiger partial charge on any atom is -0.550 e. The van der Waals surface area contributed by atoms with Crippen LogP contribution in [0.15, 0.2) is 22.7 Å². The van der Waals surface area contributed by atoms with Gasteiger partial charge in [-0.1, -0.05) is 15.9 Å². The van der Waals surface area contributed by atoms with Gasteiger partial charge in [0.05, 0.1) is 23.8 Å². The number of nitrogens with one attached hydrogen (secondary N) is 1. The first-order valence-electron chi connectivity index (χ1n) is 6.59. The van der Waals surface area contributed by atoms with E-state index in [-0.39, 0.29) is 5.69 Å². The third-order valence-corrected chi connectivity index (χ3v) is 4.53. The molecule has 2 saturated heterocycles. The maximum atomic E-state index is 13.7. The first-order chi connectivity index (χ1) is 9.97. The normalized spacial score (nSPS) is 30.4. The third-order valence-electron chi connectivity index (χ3n) is 4.04. The molecule has 0 radical (unpaired) electrons. The predicted octanol–water partition coefficient (Wildman–Crippen LogP) is 1.07. The van der Waals surface area contributed by atoms with Crippen LogP contribution in [0.4, 0.5) is 10.1 Å². The number of ether oxygens (including phenoxy) is 1. The average Bonchev–Trinajstić information content (AvgIpc) is 3.02. The summed E-state index contributed by atoms with van der Waals surface area (Å²) in [4.78, 5) is 23.5. The number of fused-ring (bicyclic) bond motifs is 2. The van der Waals surface area contributed by atoms with Crippen LogP contribution in [-0.4, -0.2) is 24.1 Å². The zero-order valence-corrected chi connectivity index (χ0v) is 12.4. The average molecular weight is 357 g/mol. The van der Waals surface area contributed by atoms with Gasteiger partial charge in [-0.2, -0.15) is 0 Å². The summed E-state index contributed by atoms with van der Waals surface area (Å²) in [6.45, 7) is 0. The van der Waals surface area contributed by atoms with Gasteiger partial charge in [-0.05, 0) is 31.0 Å². The van der Waals surface area contributed by atoms with E-state index in [0.717, 1.165) is 0 Å². The van der Waals surface area contributed by atoms with Gasteiger partial charge in [0, 0.05) is 16.4 Å². The van der Waals surface area contributed by atoms with Gasteiger partial charge in [0.1, 0.15) is 5.82 Å². The van der Waals surface area contributed by atoms with Crippen molar-refractivity contribution in [2.45, 2.75) is 25.0 Å². The van der Waals surface area contributed by atoms with Crippen molar-refractivity contribution in [3.8, 4) is 0 Å². The second-order valence-corrected chi connectivity index (χ2v) is 6.19. The molecular formula is C14H12BrFNO4-. The smallest absolute Gasteiger partial charge is 0.230 e. The van der Waals surface area contributed by atoms with Crippen molar-refractivity contribution in [2.24, 2.45) is 11.8 Å². The highest BCUT2D eigenvalue weighted by Gasteiger charge is 2.52. The Morgan fingerprint density at radius 1 is 1.29 bits per heavy atom. The molecule has 2 bridgehead atoms. The number of carboxylic acids is 1. The van der Waals surface area contributed by atoms with Gasteiger partial charge in [-0.3, -0.25) is 4.79 Å². The second kappa shape index (κ2) is 5.38. The number of amides is 1. The second-order valence-electron chi connectivity index (χ2n) is 5.27. The van der Waals surface area contributed by atoms with Crippen molar-refractivity contribution in [3.05, 3.63) is 28.5 Å². The molecule has 0 spiro atoms. The van der Waals surface area contributed by atoms with Crippen molar-refractivity contribution in [3.63, 3.8) is 0 Å². The lowest BCUT2D eigenvalue weighted by Crippen LogP contribution is -2.46. The zero-order valence-electron chi connectivity index (χ0n) is 10.8. The molecule has 5 nitrogen and oxygen atoms in total. The van der Waals surface area contributed by atoms with Crippen LogP contribution in [-0.2, 0) is 14.3 Å². The first-order valence-corrected chi connectivity index (χ1v) is 7.39. The first kappa shape index (κ1) is 14.5. The summed E-state index contributed by atoms with van der Waals surface area (Å²) in [5.74, 6) is -4.23. The van der Waals surface area contributed by atoms with Crippen LogP contribution in [0.1, 0.15) is 12.8 Å². The van der Waals surface area contributed by atoms with Crippen LogP contribution in [0.2, 0.25) is 0 Å². The number of hydrogen-bond donors (Lipinski definition) is 1. The molecule has 0 aliphatic carbocycles. The Hall–Kier alpha value is -1.47. The summed E-state index contributed by atoms with van der Waals surface area (Å²) in [7, 11) is 0. The van der Waals surface area contributed by atoms with Gasteiger partial charge in [-0.25, -0.2) is 4.39 Å². The van der Waals surface area contributed by atoms with Gasteiger partial charge in [0.2, 0.25) is 5.91 Å². The molecule has 1 aromatic rings. The molecule has 0 unspecified atom stereocenters. The summed E-state index contributed by atoms with van der Waals surface area (Å²) in [5, 5.41) is 13.7. The highest BCUT2D eigenvalue weighted by atomic mass is 79.9. The minimum atomic E-state index is -1.29. The predicted molar refractivity (Wildman–Crippen MR) is 72.6 cm³/mol. The van der Waals surface area contributed by atoms with Crippen molar-refractivity contribution < 1.29 is 23.8 Å². The molecule has 7 heteroatoms. The van der Waals surface area contributed by atoms with Crippen LogP contribution in [0.25, 0.3) is 0 Å². The van der Waals surface area contributed by atoms with E-state index < -0.39 is 41.7 Å². The van der Waals surface area contributed by atoms with E-state index in [9.17, 15) is 19.1 Å². The molecule has 3 rings (SSSR count). The molecule has 2 aliphatic rings. The number of benzene rings is 1. The summed E-state index contributed by atoms with van der Waals surface area (Å²) in [6, 6.07) is 4.23. The van der Waals surface area contributed by atoms with Gasteiger partial charge in [-0.15, -0.1) is 0 Å². The Balaban J connectivity index is 1.80. The van der Waals surface area contributed by atoms with Crippen LogP contribution in [0.5, 0.6) is 0 Å². The fourth-order valence-electron chi connectivity index (χ4n) is 3.12. The standard InChI is InChI=1S/C14H13BrFNO4/c15-6-1-2-8(7(16)5-6)17-13(18)11-9-3-4-10(21-9)12(11)14(19)20/h1-2,5,9-12H,3-4H2,(H,17,18)(H,19,20)/p-1/t9-,10+,11-,12-/m0/s1. The van der Waals surface area contributed by atoms with E-state index in [0.29, 0.717) is 17.3 Å². The molecule has 21 heavy (non-hydrogen) atoms. The molecule has 0 saturated carbocycles. The maximum Gasteiger partial charge on any atom is 0.230 e. The van der Waals surface area contributed by atoms with Crippen LogP contribution >= 0.6 is 15.9 Å². The number of carbonyl (C=O) groups excluding carboxylic acids is 2. The number of aliphatic carboxylic acids is 1. The van der Waals surface area contributed by atoms with Gasteiger partial charge >= 0.3 is 0 Å². The summed E-state index contributed by atoms with van der Waals surface area (Å²) < 4.78 is 19.8. The molecular weight excluding hydrogens is 345 g/mol. The summed E-state index contributed by atoms with van der Waals surface area (Å²) >= 11 is 3.13. The van der Waals surface area contributed by atoms with Gasteiger partial charge < -0.3 is 20.0 Å². The number of carboxylic acid groups (broad SMARTS) is 1. The molecule has 1 N–H and O–H groups in total. The quantitative estimate of drug-likeness (QED) is 0.878. The Kier molecular flexibility index (Phi) is 3.71. The van der Waals surface area contributed by atoms with Crippen molar-refractivity contribution in [2.75, 3.05) is 5.32 Å². The fourth-order valence-corrected chi connectivity index (χ4v) is 3.45. The molecule has 1 aromatic carbocycles. The van der Waals surface area contributed by atoms with E-state index >= 15 is 0 Å². The Morgan fingerprint density at radius 2 is 1.95 bits per heavy atom. The molecule has 4 atom stereocenters. The third kappa shape index (κ3) is 2.55. The Bertz CT molecular complexity index is 609. The number of anilines is 1. The van der Waals surface area contributed by atoms with E-state index in [1.807, 2.05) is 0 Å². The van der Waals surface area contributed by atoms with E-state index in [1.165, 1.54) is 12.1 Å². The number of rotatable bonds is 3. The lowest BCUT2D eigenvalue weighted by Gasteiger charge is -2.27. The summed E-state index contributed by atoms with van der Waals surface area (Å²) in [6.07, 6.45) is 0.330. The molecule has 2 fully saturated rings. The van der Waals surface area contributed by atoms with E-state index in [1.54, 1.807) is 6.07 Å². The monoisotopic (exact) mass is 356 g/mol. The molecule has 0 aromatic heterocycles. The van der Waals surface area contributed by atoms with Gasteiger partial charge in [0.15, 0.2) is 0 Å². The van der Waals surface area contributed by atoms with E-state index in [4.69, 9.17) is 4.74 Å². The van der Waals surface area contributed by atoms with Crippen LogP contribution in [0, 0.1) is 17.7 Å². The molecule has 2 heterocycles. The highest BCUT2D eigenvalue weighted by Crippen LogP contribution is 2.43. The number of halogens is 2. The Labute approximate surface area is 128 Å². The van der Waals surface area contributed by atoms with E-state index in [2.05, 4.69) is 21.2 Å². The number of hydrogen-bond acceptors (Lipinski definition) is 4. The van der Waals surface area contributed by atoms with Crippen molar-refractivity contribution in [1.82, 2.24) is 0 Å². The van der Waals surface area contributed by atoms with Crippen molar-refractivity contribution in [1.29, 1.82) is 0 Å². The van der Waals surface area contributed by atoms with Gasteiger partial charge in [0.25, 0.3) is 0 Å². The zero-order chi connectivity index (χ0) is 15.1. The summed E-state index contributed by atoms with van der Waals surface area (Å²) in [5.41, 5.74) is 0.0167. The SMILES string of the molecule is O=C(Nc1ccc(Br)cc1F)[C@@H]1[C@@H](C(=O)[O-])[C@H]2CC[C@@H]1O2.